The number of nitrogens with zero attached hydrogens (tertiary/aromatic N) is 3. The maximum atomic E-state index is 12.4. The molecule has 2 saturated heterocycles. The van der Waals surface area contributed by atoms with E-state index in [1.54, 1.807) is 17.3 Å². The van der Waals surface area contributed by atoms with Crippen molar-refractivity contribution < 1.29 is 19.0 Å². The molecule has 0 aliphatic carbocycles. The van der Waals surface area contributed by atoms with Crippen LogP contribution in [0.4, 0.5) is 4.79 Å². The van der Waals surface area contributed by atoms with Gasteiger partial charge in [-0.15, -0.1) is 0 Å². The predicted molar refractivity (Wildman–Crippen MR) is 94.3 cm³/mol. The molecule has 1 aromatic rings. The van der Waals surface area contributed by atoms with Gasteiger partial charge in [-0.05, 0) is 36.7 Å². The zero-order chi connectivity index (χ0) is 18.0. The van der Waals surface area contributed by atoms with Crippen molar-refractivity contribution in [2.24, 2.45) is 17.8 Å². The summed E-state index contributed by atoms with van der Waals surface area (Å²) in [6.07, 6.45) is 3.08. The third-order valence-electron chi connectivity index (χ3n) is 4.44. The Labute approximate surface area is 156 Å². The van der Waals surface area contributed by atoms with E-state index in [2.05, 4.69) is 25.9 Å². The molecule has 25 heavy (non-hydrogen) atoms. The van der Waals surface area contributed by atoms with Crippen LogP contribution in [-0.2, 0) is 9.47 Å². The van der Waals surface area contributed by atoms with Gasteiger partial charge in [0.1, 0.15) is 5.60 Å². The lowest BCUT2D eigenvalue weighted by Gasteiger charge is -2.46. The number of hydrogen-bond donors (Lipinski definition) is 0. The molecule has 1 unspecified atom stereocenters. The number of fused-ring (bicyclic) bond motifs is 2. The van der Waals surface area contributed by atoms with E-state index in [1.165, 1.54) is 0 Å². The molecule has 0 N–H and O–H groups in total. The molecule has 1 amide bonds. The highest BCUT2D eigenvalue weighted by molar-refractivity contribution is 9.10. The van der Waals surface area contributed by atoms with E-state index in [1.807, 2.05) is 20.8 Å². The first-order valence-corrected chi connectivity index (χ1v) is 9.27. The summed E-state index contributed by atoms with van der Waals surface area (Å²) in [4.78, 5) is 22.5. The Morgan fingerprint density at radius 3 is 2.44 bits per heavy atom. The average molecular weight is 414 g/mol. The summed E-state index contributed by atoms with van der Waals surface area (Å²) in [6.45, 7) is 8.69. The van der Waals surface area contributed by atoms with Gasteiger partial charge in [-0.25, -0.2) is 14.8 Å². The van der Waals surface area contributed by atoms with Crippen LogP contribution < -0.4 is 4.74 Å². The number of amides is 1. The number of rotatable bonds is 3. The molecule has 2 fully saturated rings. The topological polar surface area (TPSA) is 73.8 Å². The van der Waals surface area contributed by atoms with Gasteiger partial charge in [-0.1, -0.05) is 0 Å². The largest absolute Gasteiger partial charge is 0.463 e. The minimum absolute atomic E-state index is 0.232. The van der Waals surface area contributed by atoms with Crippen molar-refractivity contribution in [3.63, 3.8) is 0 Å². The van der Waals surface area contributed by atoms with Crippen LogP contribution in [-0.4, -0.2) is 59.5 Å². The number of likely N-dealkylation sites (tertiary alicyclic amines) is 1. The second kappa shape index (κ2) is 7.45. The molecule has 3 heterocycles. The highest BCUT2D eigenvalue weighted by atomic mass is 79.9. The van der Waals surface area contributed by atoms with Crippen LogP contribution in [0.1, 0.15) is 20.8 Å². The number of halogens is 1. The lowest BCUT2D eigenvalue weighted by atomic mass is 9.77. The number of piperidine rings is 1. The van der Waals surface area contributed by atoms with Crippen molar-refractivity contribution in [1.82, 2.24) is 14.9 Å². The van der Waals surface area contributed by atoms with Gasteiger partial charge in [-0.3, -0.25) is 0 Å². The first kappa shape index (κ1) is 18.4. The van der Waals surface area contributed by atoms with Crippen molar-refractivity contribution in [2.45, 2.75) is 26.4 Å². The molecule has 0 saturated carbocycles. The highest BCUT2D eigenvalue weighted by Gasteiger charge is 2.43. The van der Waals surface area contributed by atoms with E-state index in [4.69, 9.17) is 14.2 Å². The van der Waals surface area contributed by atoms with Crippen molar-refractivity contribution in [3.8, 4) is 6.01 Å². The minimum atomic E-state index is -0.485. The Hall–Kier alpha value is -1.41. The second-order valence-corrected chi connectivity index (χ2v) is 8.52. The summed E-state index contributed by atoms with van der Waals surface area (Å²) in [6, 6.07) is 0.372. The first-order chi connectivity index (χ1) is 11.8. The quantitative estimate of drug-likeness (QED) is 0.758. The third kappa shape index (κ3) is 4.82. The summed E-state index contributed by atoms with van der Waals surface area (Å²) >= 11 is 3.31. The van der Waals surface area contributed by atoms with Crippen LogP contribution in [0.5, 0.6) is 6.01 Å². The van der Waals surface area contributed by atoms with E-state index in [9.17, 15) is 4.79 Å². The lowest BCUT2D eigenvalue weighted by molar-refractivity contribution is -0.0950. The minimum Gasteiger partial charge on any atom is -0.463 e. The summed E-state index contributed by atoms with van der Waals surface area (Å²) in [7, 11) is 0. The van der Waals surface area contributed by atoms with E-state index < -0.39 is 5.60 Å². The SMILES string of the molecule is CC(C)(C)OC(=O)N1C[C@H]2COC[C@@H](C1)C2COc1ncc(Br)cn1. The smallest absolute Gasteiger partial charge is 0.410 e. The molecular formula is C17H24BrN3O4. The van der Waals surface area contributed by atoms with Crippen LogP contribution in [0.15, 0.2) is 16.9 Å². The normalized spacial score (nSPS) is 26.2. The Bertz CT molecular complexity index is 591. The predicted octanol–water partition coefficient (Wildman–Crippen LogP) is 2.75. The lowest BCUT2D eigenvalue weighted by Crippen LogP contribution is -2.56. The molecule has 0 aromatic carbocycles. The van der Waals surface area contributed by atoms with Crippen LogP contribution in [0.3, 0.4) is 0 Å². The van der Waals surface area contributed by atoms with E-state index in [0.717, 1.165) is 4.47 Å². The molecule has 0 spiro atoms. The fourth-order valence-electron chi connectivity index (χ4n) is 3.31. The standard InChI is InChI=1S/C17H24BrN3O4/c1-17(2,3)25-16(22)21-6-11-8-23-9-12(7-21)14(11)10-24-15-19-4-13(18)5-20-15/h4-5,11-12,14H,6-10H2,1-3H3/t11-,12+,14?. The molecule has 138 valence electrons. The van der Waals surface area contributed by atoms with Gasteiger partial charge in [0.05, 0.1) is 24.3 Å². The average Bonchev–Trinajstić information content (AvgIpc) is 2.52. The maximum Gasteiger partial charge on any atom is 0.410 e. The van der Waals surface area contributed by atoms with Crippen molar-refractivity contribution >= 4 is 22.0 Å². The molecule has 8 heteroatoms. The van der Waals surface area contributed by atoms with Gasteiger partial charge in [-0.2, -0.15) is 0 Å². The van der Waals surface area contributed by atoms with Gasteiger partial charge in [0.15, 0.2) is 0 Å². The molecule has 0 radical (unpaired) electrons. The molecule has 1 aromatic heterocycles. The molecule has 3 atom stereocenters. The zero-order valence-corrected chi connectivity index (χ0v) is 16.4. The summed E-state index contributed by atoms with van der Waals surface area (Å²) < 4.78 is 17.8. The Balaban J connectivity index is 1.60. The molecular weight excluding hydrogens is 390 g/mol. The molecule has 2 aliphatic rings. The van der Waals surface area contributed by atoms with Crippen LogP contribution in [0.25, 0.3) is 0 Å². The van der Waals surface area contributed by atoms with E-state index in [0.29, 0.717) is 44.8 Å². The zero-order valence-electron chi connectivity index (χ0n) is 14.8. The van der Waals surface area contributed by atoms with Crippen molar-refractivity contribution in [3.05, 3.63) is 16.9 Å². The van der Waals surface area contributed by atoms with Gasteiger partial charge in [0.2, 0.25) is 0 Å². The summed E-state index contributed by atoms with van der Waals surface area (Å²) in [5.74, 6) is 0.783. The molecule has 2 bridgehead atoms. The van der Waals surface area contributed by atoms with Gasteiger partial charge in [0.25, 0.3) is 0 Å². The molecule has 3 rings (SSSR count). The van der Waals surface area contributed by atoms with Crippen molar-refractivity contribution in [1.29, 1.82) is 0 Å². The first-order valence-electron chi connectivity index (χ1n) is 8.48. The fourth-order valence-corrected chi connectivity index (χ4v) is 3.52. The number of ether oxygens (including phenoxy) is 3. The number of carbonyl (C=O) groups is 1. The highest BCUT2D eigenvalue weighted by Crippen LogP contribution is 2.34. The van der Waals surface area contributed by atoms with E-state index >= 15 is 0 Å². The molecule has 7 nitrogen and oxygen atoms in total. The monoisotopic (exact) mass is 413 g/mol. The van der Waals surface area contributed by atoms with Crippen LogP contribution >= 0.6 is 15.9 Å². The van der Waals surface area contributed by atoms with Gasteiger partial charge in [0, 0.05) is 43.2 Å². The summed E-state index contributed by atoms with van der Waals surface area (Å²) in [5.41, 5.74) is -0.485. The van der Waals surface area contributed by atoms with Gasteiger partial charge < -0.3 is 19.1 Å². The number of hydrogen-bond acceptors (Lipinski definition) is 6. The Morgan fingerprint density at radius 1 is 1.28 bits per heavy atom. The number of aromatic nitrogens is 2. The second-order valence-electron chi connectivity index (χ2n) is 7.60. The maximum absolute atomic E-state index is 12.4. The number of carbonyl (C=O) groups excluding carboxylic acids is 1. The Morgan fingerprint density at radius 2 is 1.88 bits per heavy atom. The molecule has 2 aliphatic heterocycles. The third-order valence-corrected chi connectivity index (χ3v) is 4.85. The fraction of sp³-hybridized carbons (Fsp3) is 0.706. The van der Waals surface area contributed by atoms with Gasteiger partial charge >= 0.3 is 12.1 Å². The van der Waals surface area contributed by atoms with Crippen molar-refractivity contribution in [2.75, 3.05) is 32.9 Å². The summed E-state index contributed by atoms with van der Waals surface area (Å²) in [5, 5.41) is 0. The van der Waals surface area contributed by atoms with Crippen LogP contribution in [0, 0.1) is 17.8 Å². The Kier molecular flexibility index (Phi) is 5.48. The van der Waals surface area contributed by atoms with Crippen LogP contribution in [0.2, 0.25) is 0 Å². The van der Waals surface area contributed by atoms with E-state index in [-0.39, 0.29) is 17.9 Å².